The second-order valence-corrected chi connectivity index (χ2v) is 5.85. The first-order chi connectivity index (χ1) is 12.6. The molecule has 0 unspecified atom stereocenters. The summed E-state index contributed by atoms with van der Waals surface area (Å²) in [4.78, 5) is 14.6. The number of anilines is 1. The molecule has 0 aromatic heterocycles. The lowest BCUT2D eigenvalue weighted by Crippen LogP contribution is -2.26. The number of carbonyl (C=O) groups is 1. The summed E-state index contributed by atoms with van der Waals surface area (Å²) in [5, 5.41) is 0. The van der Waals surface area contributed by atoms with Gasteiger partial charge in [-0.05, 0) is 35.9 Å². The molecule has 4 nitrogen and oxygen atoms in total. The van der Waals surface area contributed by atoms with Crippen molar-refractivity contribution in [3.05, 3.63) is 78.4 Å². The summed E-state index contributed by atoms with van der Waals surface area (Å²) < 4.78 is 10.7. The fourth-order valence-electron chi connectivity index (χ4n) is 2.83. The Hall–Kier alpha value is -3.27. The van der Waals surface area contributed by atoms with Gasteiger partial charge in [-0.1, -0.05) is 36.4 Å². The monoisotopic (exact) mass is 347 g/mol. The average molecular weight is 347 g/mol. The van der Waals surface area contributed by atoms with Gasteiger partial charge >= 0.3 is 0 Å². The normalized spacial score (nSPS) is 10.3. The SMILES string of the molecule is COc1cccc(N(C)C(=O)c2cccc(-c3ccccc3OC)c2)c1. The van der Waals surface area contributed by atoms with Crippen LogP contribution in [0.5, 0.6) is 11.5 Å². The standard InChI is InChI=1S/C22H21NO3/c1-23(18-10-7-11-19(15-18)25-2)22(24)17-9-6-8-16(14-17)20-12-4-5-13-21(20)26-3/h4-15H,1-3H3. The van der Waals surface area contributed by atoms with Gasteiger partial charge in [0, 0.05) is 29.9 Å². The van der Waals surface area contributed by atoms with Crippen molar-refractivity contribution >= 4 is 11.6 Å². The fourth-order valence-corrected chi connectivity index (χ4v) is 2.83. The molecular weight excluding hydrogens is 326 g/mol. The van der Waals surface area contributed by atoms with Crippen molar-refractivity contribution in [3.8, 4) is 22.6 Å². The number of hydrogen-bond donors (Lipinski definition) is 0. The molecule has 3 aromatic carbocycles. The number of benzene rings is 3. The van der Waals surface area contributed by atoms with Gasteiger partial charge in [0.1, 0.15) is 11.5 Å². The molecule has 0 heterocycles. The van der Waals surface area contributed by atoms with Gasteiger partial charge in [0.05, 0.1) is 14.2 Å². The van der Waals surface area contributed by atoms with Crippen LogP contribution < -0.4 is 14.4 Å². The lowest BCUT2D eigenvalue weighted by molar-refractivity contribution is 0.0993. The van der Waals surface area contributed by atoms with Crippen LogP contribution in [0.3, 0.4) is 0 Å². The zero-order valence-electron chi connectivity index (χ0n) is 15.1. The van der Waals surface area contributed by atoms with Crippen molar-refractivity contribution in [2.75, 3.05) is 26.2 Å². The van der Waals surface area contributed by atoms with E-state index in [1.165, 1.54) is 0 Å². The van der Waals surface area contributed by atoms with Crippen LogP contribution in [0, 0.1) is 0 Å². The molecule has 3 rings (SSSR count). The van der Waals surface area contributed by atoms with E-state index >= 15 is 0 Å². The number of hydrogen-bond acceptors (Lipinski definition) is 3. The molecule has 3 aromatic rings. The van der Waals surface area contributed by atoms with Gasteiger partial charge in [0.25, 0.3) is 5.91 Å². The van der Waals surface area contributed by atoms with Crippen LogP contribution in [0.2, 0.25) is 0 Å². The summed E-state index contributed by atoms with van der Waals surface area (Å²) in [5.74, 6) is 1.40. The van der Waals surface area contributed by atoms with Gasteiger partial charge in [-0.15, -0.1) is 0 Å². The Morgan fingerprint density at radius 2 is 1.62 bits per heavy atom. The second-order valence-electron chi connectivity index (χ2n) is 5.85. The first-order valence-corrected chi connectivity index (χ1v) is 8.29. The Morgan fingerprint density at radius 3 is 2.38 bits per heavy atom. The zero-order valence-corrected chi connectivity index (χ0v) is 15.1. The first kappa shape index (κ1) is 17.5. The Labute approximate surface area is 153 Å². The smallest absolute Gasteiger partial charge is 0.258 e. The molecule has 0 N–H and O–H groups in total. The third-order valence-corrected chi connectivity index (χ3v) is 4.27. The third-order valence-electron chi connectivity index (χ3n) is 4.27. The van der Waals surface area contributed by atoms with Gasteiger partial charge in [0.15, 0.2) is 0 Å². The lowest BCUT2D eigenvalue weighted by Gasteiger charge is -2.18. The number of ether oxygens (including phenoxy) is 2. The summed E-state index contributed by atoms with van der Waals surface area (Å²) in [6, 6.07) is 22.8. The highest BCUT2D eigenvalue weighted by Crippen LogP contribution is 2.30. The second kappa shape index (κ2) is 7.74. The van der Waals surface area contributed by atoms with Crippen LogP contribution >= 0.6 is 0 Å². The third kappa shape index (κ3) is 3.54. The maximum absolute atomic E-state index is 12.9. The van der Waals surface area contributed by atoms with E-state index in [0.717, 1.165) is 22.6 Å². The molecule has 132 valence electrons. The molecule has 0 saturated heterocycles. The molecule has 26 heavy (non-hydrogen) atoms. The molecule has 0 saturated carbocycles. The molecule has 0 atom stereocenters. The minimum absolute atomic E-state index is 0.0880. The van der Waals surface area contributed by atoms with E-state index in [4.69, 9.17) is 9.47 Å². The molecule has 0 aliphatic carbocycles. The predicted molar refractivity (Wildman–Crippen MR) is 104 cm³/mol. The van der Waals surface area contributed by atoms with Gasteiger partial charge < -0.3 is 14.4 Å². The molecule has 0 fully saturated rings. The van der Waals surface area contributed by atoms with Gasteiger partial charge in [0.2, 0.25) is 0 Å². The number of para-hydroxylation sites is 1. The van der Waals surface area contributed by atoms with E-state index in [0.29, 0.717) is 11.3 Å². The molecule has 0 radical (unpaired) electrons. The van der Waals surface area contributed by atoms with Crippen molar-refractivity contribution in [2.45, 2.75) is 0 Å². The van der Waals surface area contributed by atoms with Crippen molar-refractivity contribution in [2.24, 2.45) is 0 Å². The maximum Gasteiger partial charge on any atom is 0.258 e. The van der Waals surface area contributed by atoms with Crippen LogP contribution in [0.25, 0.3) is 11.1 Å². The van der Waals surface area contributed by atoms with Crippen molar-refractivity contribution in [1.82, 2.24) is 0 Å². The molecule has 1 amide bonds. The molecule has 0 aliphatic rings. The Kier molecular flexibility index (Phi) is 5.23. The average Bonchev–Trinajstić information content (AvgIpc) is 2.72. The quantitative estimate of drug-likeness (QED) is 0.674. The minimum Gasteiger partial charge on any atom is -0.497 e. The topological polar surface area (TPSA) is 38.8 Å². The number of amides is 1. The highest BCUT2D eigenvalue weighted by atomic mass is 16.5. The molecule has 4 heteroatoms. The highest BCUT2D eigenvalue weighted by Gasteiger charge is 2.15. The summed E-state index contributed by atoms with van der Waals surface area (Å²) in [7, 11) is 5.01. The van der Waals surface area contributed by atoms with Crippen LogP contribution in [0.1, 0.15) is 10.4 Å². The minimum atomic E-state index is -0.0880. The Bertz CT molecular complexity index is 921. The fraction of sp³-hybridized carbons (Fsp3) is 0.136. The Morgan fingerprint density at radius 1 is 0.846 bits per heavy atom. The van der Waals surface area contributed by atoms with E-state index < -0.39 is 0 Å². The molecule has 0 aliphatic heterocycles. The van der Waals surface area contributed by atoms with Gasteiger partial charge in [-0.3, -0.25) is 4.79 Å². The highest BCUT2D eigenvalue weighted by molar-refractivity contribution is 6.06. The largest absolute Gasteiger partial charge is 0.497 e. The molecule has 0 spiro atoms. The van der Waals surface area contributed by atoms with Gasteiger partial charge in [-0.25, -0.2) is 0 Å². The van der Waals surface area contributed by atoms with Crippen LogP contribution in [-0.4, -0.2) is 27.2 Å². The van der Waals surface area contributed by atoms with Crippen molar-refractivity contribution in [3.63, 3.8) is 0 Å². The van der Waals surface area contributed by atoms with E-state index in [1.54, 1.807) is 26.2 Å². The number of nitrogens with zero attached hydrogens (tertiary/aromatic N) is 1. The maximum atomic E-state index is 12.9. The van der Waals surface area contributed by atoms with E-state index in [9.17, 15) is 4.79 Å². The number of rotatable bonds is 5. The van der Waals surface area contributed by atoms with Crippen LogP contribution in [-0.2, 0) is 0 Å². The van der Waals surface area contributed by atoms with Crippen LogP contribution in [0.15, 0.2) is 72.8 Å². The summed E-state index contributed by atoms with van der Waals surface area (Å²) >= 11 is 0. The van der Waals surface area contributed by atoms with E-state index in [2.05, 4.69) is 0 Å². The lowest BCUT2D eigenvalue weighted by atomic mass is 10.0. The van der Waals surface area contributed by atoms with Crippen molar-refractivity contribution in [1.29, 1.82) is 0 Å². The molecule has 0 bridgehead atoms. The van der Waals surface area contributed by atoms with Crippen molar-refractivity contribution < 1.29 is 14.3 Å². The Balaban J connectivity index is 1.93. The van der Waals surface area contributed by atoms with Crippen LogP contribution in [0.4, 0.5) is 5.69 Å². The van der Waals surface area contributed by atoms with E-state index in [-0.39, 0.29) is 5.91 Å². The number of carbonyl (C=O) groups excluding carboxylic acids is 1. The van der Waals surface area contributed by atoms with E-state index in [1.807, 2.05) is 72.8 Å². The zero-order chi connectivity index (χ0) is 18.5. The number of methoxy groups -OCH3 is 2. The summed E-state index contributed by atoms with van der Waals surface area (Å²) in [5.41, 5.74) is 3.27. The predicted octanol–water partition coefficient (Wildman–Crippen LogP) is 4.65. The summed E-state index contributed by atoms with van der Waals surface area (Å²) in [6.45, 7) is 0. The molecular formula is C22H21NO3. The van der Waals surface area contributed by atoms with Gasteiger partial charge in [-0.2, -0.15) is 0 Å². The summed E-state index contributed by atoms with van der Waals surface area (Å²) in [6.07, 6.45) is 0. The first-order valence-electron chi connectivity index (χ1n) is 8.29.